The fraction of sp³-hybridized carbons (Fsp3) is 0.548. The number of aliphatic hydroxyl groups excluding tert-OH is 1. The Morgan fingerprint density at radius 3 is 2.54 bits per heavy atom. The lowest BCUT2D eigenvalue weighted by Gasteiger charge is -2.49. The first-order valence-corrected chi connectivity index (χ1v) is 13.5. The van der Waals surface area contributed by atoms with Crippen molar-refractivity contribution in [1.29, 1.82) is 0 Å². The Balaban J connectivity index is 0.00000289. The highest BCUT2D eigenvalue weighted by atomic mass is 35.5. The number of halogens is 1. The summed E-state index contributed by atoms with van der Waals surface area (Å²) in [6, 6.07) is 17.7. The van der Waals surface area contributed by atoms with Crippen LogP contribution in [0.15, 0.2) is 54.6 Å². The highest BCUT2D eigenvalue weighted by molar-refractivity contribution is 5.85. The molecule has 35 heavy (non-hydrogen) atoms. The summed E-state index contributed by atoms with van der Waals surface area (Å²) in [6.07, 6.45) is 7.80. The lowest BCUT2D eigenvalue weighted by molar-refractivity contribution is -0.00811. The van der Waals surface area contributed by atoms with E-state index in [0.29, 0.717) is 17.8 Å². The van der Waals surface area contributed by atoms with Crippen LogP contribution in [0.2, 0.25) is 0 Å². The molecule has 5 atom stereocenters. The second kappa shape index (κ2) is 11.1. The number of likely N-dealkylation sites (N-methyl/N-ethyl adjacent to an activating group) is 1. The molecule has 0 saturated heterocycles. The monoisotopic (exact) mass is 495 g/mol. The maximum Gasteiger partial charge on any atom is 0.119 e. The average molecular weight is 496 g/mol. The Hall–Kier alpha value is -1.81. The molecule has 4 heteroatoms. The van der Waals surface area contributed by atoms with E-state index in [9.17, 15) is 5.11 Å². The summed E-state index contributed by atoms with van der Waals surface area (Å²) < 4.78 is 6.24. The fourth-order valence-electron chi connectivity index (χ4n) is 7.11. The molecule has 1 N–H and O–H groups in total. The number of rotatable bonds is 8. The summed E-state index contributed by atoms with van der Waals surface area (Å²) in [7, 11) is 0. The van der Waals surface area contributed by atoms with Gasteiger partial charge in [-0.25, -0.2) is 0 Å². The van der Waals surface area contributed by atoms with Gasteiger partial charge >= 0.3 is 0 Å². The molecule has 0 spiro atoms. The maximum atomic E-state index is 10.8. The van der Waals surface area contributed by atoms with Crippen LogP contribution in [0.5, 0.6) is 5.75 Å². The van der Waals surface area contributed by atoms with Gasteiger partial charge in [-0.3, -0.25) is 0 Å². The summed E-state index contributed by atoms with van der Waals surface area (Å²) in [6.45, 7) is 10.6. The molecule has 3 aliphatic rings. The number of allylic oxidation sites excluding steroid dienone is 2. The van der Waals surface area contributed by atoms with Crippen molar-refractivity contribution < 1.29 is 9.84 Å². The van der Waals surface area contributed by atoms with E-state index in [4.69, 9.17) is 4.74 Å². The lowest BCUT2D eigenvalue weighted by atomic mass is 9.56. The Labute approximate surface area is 218 Å². The minimum atomic E-state index is -0.146. The summed E-state index contributed by atoms with van der Waals surface area (Å²) in [5, 5.41) is 10.8. The van der Waals surface area contributed by atoms with Crippen LogP contribution in [-0.4, -0.2) is 42.4 Å². The number of benzene rings is 2. The number of fused-ring (bicyclic) bond motifs is 5. The molecule has 2 aromatic rings. The maximum absolute atomic E-state index is 10.8. The molecule has 2 fully saturated rings. The minimum Gasteiger partial charge on any atom is -0.492 e. The van der Waals surface area contributed by atoms with Crippen molar-refractivity contribution in [3.05, 3.63) is 71.3 Å². The number of nitrogens with zero attached hydrogens (tertiary/aromatic N) is 1. The smallest absolute Gasteiger partial charge is 0.119 e. The molecular formula is C31H42ClNO2. The van der Waals surface area contributed by atoms with Gasteiger partial charge in [0.05, 0.1) is 6.10 Å². The Kier molecular flexibility index (Phi) is 8.30. The van der Waals surface area contributed by atoms with Crippen LogP contribution in [0, 0.1) is 17.3 Å². The molecule has 0 amide bonds. The summed E-state index contributed by atoms with van der Waals surface area (Å²) >= 11 is 0. The summed E-state index contributed by atoms with van der Waals surface area (Å²) in [5.74, 6) is 2.64. The van der Waals surface area contributed by atoms with Crippen LogP contribution in [0.4, 0.5) is 0 Å². The average Bonchev–Trinajstić information content (AvgIpc) is 3.17. The molecule has 5 rings (SSSR count). The van der Waals surface area contributed by atoms with Crippen molar-refractivity contribution in [1.82, 2.24) is 4.90 Å². The third kappa shape index (κ3) is 5.05. The summed E-state index contributed by atoms with van der Waals surface area (Å²) in [5.41, 5.74) is 5.74. The van der Waals surface area contributed by atoms with Crippen LogP contribution in [0.25, 0.3) is 5.57 Å². The van der Waals surface area contributed by atoms with Gasteiger partial charge in [0, 0.05) is 6.54 Å². The van der Waals surface area contributed by atoms with Crippen molar-refractivity contribution in [2.24, 2.45) is 17.3 Å². The van der Waals surface area contributed by atoms with Gasteiger partial charge < -0.3 is 14.7 Å². The van der Waals surface area contributed by atoms with E-state index in [1.807, 2.05) is 0 Å². The predicted octanol–water partition coefficient (Wildman–Crippen LogP) is 6.74. The first-order chi connectivity index (χ1) is 16.5. The van der Waals surface area contributed by atoms with E-state index >= 15 is 0 Å². The van der Waals surface area contributed by atoms with Crippen molar-refractivity contribution in [2.45, 2.75) is 64.9 Å². The molecule has 0 bridgehead atoms. The van der Waals surface area contributed by atoms with Gasteiger partial charge in [0.1, 0.15) is 12.4 Å². The van der Waals surface area contributed by atoms with E-state index in [1.54, 1.807) is 0 Å². The third-order valence-corrected chi connectivity index (χ3v) is 9.25. The van der Waals surface area contributed by atoms with E-state index in [1.165, 1.54) is 28.7 Å². The topological polar surface area (TPSA) is 32.7 Å². The molecule has 2 saturated carbocycles. The zero-order valence-corrected chi connectivity index (χ0v) is 22.4. The van der Waals surface area contributed by atoms with Crippen molar-refractivity contribution >= 4 is 18.0 Å². The third-order valence-electron chi connectivity index (χ3n) is 9.25. The molecule has 0 aromatic heterocycles. The molecule has 0 radical (unpaired) electrons. The van der Waals surface area contributed by atoms with Crippen LogP contribution in [-0.2, 0) is 6.42 Å². The molecule has 0 unspecified atom stereocenters. The van der Waals surface area contributed by atoms with E-state index in [-0.39, 0.29) is 23.9 Å². The normalized spacial score (nSPS) is 29.0. The Bertz CT molecular complexity index is 1020. The van der Waals surface area contributed by atoms with Gasteiger partial charge in [-0.15, -0.1) is 12.4 Å². The van der Waals surface area contributed by atoms with Gasteiger partial charge in [0.15, 0.2) is 0 Å². The molecule has 3 nitrogen and oxygen atoms in total. The second-order valence-corrected chi connectivity index (χ2v) is 10.9. The molecule has 2 aromatic carbocycles. The quantitative estimate of drug-likeness (QED) is 0.440. The van der Waals surface area contributed by atoms with Crippen molar-refractivity contribution in [3.63, 3.8) is 0 Å². The Morgan fingerprint density at radius 1 is 1.03 bits per heavy atom. The van der Waals surface area contributed by atoms with Crippen LogP contribution in [0.3, 0.4) is 0 Å². The number of hydrogen-bond acceptors (Lipinski definition) is 3. The van der Waals surface area contributed by atoms with E-state index in [0.717, 1.165) is 57.7 Å². The SMILES string of the molecule is CCN(CC)CCOc1ccc2c(c1)C(Cc1ccccc1)=C[C@@H]1[C@@H]2CC[C@]2(C)[C@@H](O)CC[C@@H]12.Cl. The Morgan fingerprint density at radius 2 is 1.80 bits per heavy atom. The molecule has 0 heterocycles. The zero-order valence-electron chi connectivity index (χ0n) is 21.6. The number of hydrogen-bond donors (Lipinski definition) is 1. The highest BCUT2D eigenvalue weighted by Crippen LogP contribution is 2.61. The number of ether oxygens (including phenoxy) is 1. The van der Waals surface area contributed by atoms with Crippen molar-refractivity contribution in [3.8, 4) is 5.75 Å². The first-order valence-electron chi connectivity index (χ1n) is 13.5. The molecule has 3 aliphatic carbocycles. The van der Waals surface area contributed by atoms with Crippen molar-refractivity contribution in [2.75, 3.05) is 26.2 Å². The molecular weight excluding hydrogens is 454 g/mol. The van der Waals surface area contributed by atoms with Crippen LogP contribution >= 0.6 is 12.4 Å². The van der Waals surface area contributed by atoms with Crippen LogP contribution < -0.4 is 4.74 Å². The van der Waals surface area contributed by atoms with Gasteiger partial charge in [0.2, 0.25) is 0 Å². The van der Waals surface area contributed by atoms with E-state index in [2.05, 4.69) is 80.3 Å². The van der Waals surface area contributed by atoms with Gasteiger partial charge in [-0.05, 0) is 103 Å². The minimum absolute atomic E-state index is 0. The van der Waals surface area contributed by atoms with Crippen LogP contribution in [0.1, 0.15) is 69.1 Å². The largest absolute Gasteiger partial charge is 0.492 e. The second-order valence-electron chi connectivity index (χ2n) is 10.9. The standard InChI is InChI=1S/C31H41NO2.ClH/c1-4-32(5-2)17-18-34-24-11-12-25-26-15-16-31(3)29(13-14-30(31)33)28(26)20-23(27(25)21-24)19-22-9-7-6-8-10-22;/h6-12,20-21,26,28-30,33H,4-5,13-19H2,1-3H3;1H/t26-,28-,29+,30+,31+;/m1./s1. The molecule has 0 aliphatic heterocycles. The number of aliphatic hydroxyl groups is 1. The predicted molar refractivity (Wildman–Crippen MR) is 147 cm³/mol. The van der Waals surface area contributed by atoms with Gasteiger partial charge in [-0.1, -0.05) is 63.2 Å². The molecule has 190 valence electrons. The van der Waals surface area contributed by atoms with E-state index < -0.39 is 0 Å². The highest BCUT2D eigenvalue weighted by Gasteiger charge is 2.54. The fourth-order valence-corrected chi connectivity index (χ4v) is 7.11. The zero-order chi connectivity index (χ0) is 23.7. The lowest BCUT2D eigenvalue weighted by Crippen LogP contribution is -2.42. The summed E-state index contributed by atoms with van der Waals surface area (Å²) in [4.78, 5) is 2.40. The van der Waals surface area contributed by atoms with Gasteiger partial charge in [-0.2, -0.15) is 0 Å². The first kappa shape index (κ1) is 26.3. The van der Waals surface area contributed by atoms with Gasteiger partial charge in [0.25, 0.3) is 0 Å².